The number of anilines is 1. The van der Waals surface area contributed by atoms with E-state index in [1.54, 1.807) is 6.92 Å². The van der Waals surface area contributed by atoms with E-state index < -0.39 is 40.5 Å². The third-order valence-electron chi connectivity index (χ3n) is 5.10. The Morgan fingerprint density at radius 3 is 2.69 bits per heavy atom. The number of benzene rings is 2. The van der Waals surface area contributed by atoms with E-state index in [1.165, 1.54) is 0 Å². The Hall–Kier alpha value is -2.20. The summed E-state index contributed by atoms with van der Waals surface area (Å²) < 4.78 is 43.6. The Morgan fingerprint density at radius 2 is 1.86 bits per heavy atom. The van der Waals surface area contributed by atoms with Crippen molar-refractivity contribution in [3.8, 4) is 0 Å². The number of hydrogen-bond donors (Lipinski definition) is 2. The van der Waals surface area contributed by atoms with Gasteiger partial charge in [0.05, 0.1) is 30.7 Å². The molecule has 0 aliphatic carbocycles. The Kier molecular flexibility index (Phi) is 5.73. The molecule has 2 aliphatic heterocycles. The summed E-state index contributed by atoms with van der Waals surface area (Å²) in [5, 5.41) is 4.70. The zero-order chi connectivity index (χ0) is 20.4. The number of carbonyl (C=O) groups excluding carboxylic acids is 1. The SMILES string of the molecule is CCCS(=O)(=O)NC1COC2C(OC(=O)Nc3cccc4ccccc34)COC12. The molecule has 2 saturated heterocycles. The summed E-state index contributed by atoms with van der Waals surface area (Å²) in [6.45, 7) is 2.14. The second kappa shape index (κ2) is 8.27. The second-order valence-electron chi connectivity index (χ2n) is 7.23. The van der Waals surface area contributed by atoms with Gasteiger partial charge in [-0.05, 0) is 17.9 Å². The van der Waals surface area contributed by atoms with E-state index in [1.807, 2.05) is 42.5 Å². The lowest BCUT2D eigenvalue weighted by molar-refractivity contribution is 0.00884. The van der Waals surface area contributed by atoms with E-state index in [0.29, 0.717) is 12.1 Å². The number of fused-ring (bicyclic) bond motifs is 2. The summed E-state index contributed by atoms with van der Waals surface area (Å²) in [4.78, 5) is 12.4. The van der Waals surface area contributed by atoms with Crippen LogP contribution < -0.4 is 10.0 Å². The first-order valence-electron chi connectivity index (χ1n) is 9.65. The van der Waals surface area contributed by atoms with Gasteiger partial charge in [-0.1, -0.05) is 43.3 Å². The van der Waals surface area contributed by atoms with Crippen LogP contribution in [0.4, 0.5) is 10.5 Å². The van der Waals surface area contributed by atoms with Crippen LogP contribution in [0.2, 0.25) is 0 Å². The van der Waals surface area contributed by atoms with Gasteiger partial charge in [-0.2, -0.15) is 0 Å². The minimum absolute atomic E-state index is 0.0499. The smallest absolute Gasteiger partial charge is 0.412 e. The molecular weight excluding hydrogens is 396 g/mol. The van der Waals surface area contributed by atoms with Gasteiger partial charge >= 0.3 is 6.09 Å². The van der Waals surface area contributed by atoms with Gasteiger partial charge in [-0.25, -0.2) is 17.9 Å². The molecule has 156 valence electrons. The van der Waals surface area contributed by atoms with Crippen LogP contribution in [-0.2, 0) is 24.2 Å². The van der Waals surface area contributed by atoms with Crippen molar-refractivity contribution < 1.29 is 27.4 Å². The summed E-state index contributed by atoms with van der Waals surface area (Å²) >= 11 is 0. The molecule has 2 heterocycles. The van der Waals surface area contributed by atoms with Crippen molar-refractivity contribution >= 4 is 32.6 Å². The largest absolute Gasteiger partial charge is 0.441 e. The molecule has 0 radical (unpaired) electrons. The first kappa shape index (κ1) is 20.1. The van der Waals surface area contributed by atoms with Crippen molar-refractivity contribution in [1.82, 2.24) is 4.72 Å². The molecular formula is C20H24N2O6S. The van der Waals surface area contributed by atoms with E-state index in [-0.39, 0.29) is 19.0 Å². The number of sulfonamides is 1. The molecule has 0 bridgehead atoms. The standard InChI is InChI=1S/C20H24N2O6S/c1-2-10-29(24,25)22-16-11-26-19-17(12-27-18(16)19)28-20(23)21-15-9-5-7-13-6-3-4-8-14(13)15/h3-9,16-19,22H,2,10-12H2,1H3,(H,21,23). The third kappa shape index (κ3) is 4.37. The topological polar surface area (TPSA) is 103 Å². The lowest BCUT2D eigenvalue weighted by atomic mass is 10.1. The summed E-state index contributed by atoms with van der Waals surface area (Å²) in [5.41, 5.74) is 0.654. The number of amides is 1. The molecule has 2 aromatic carbocycles. The molecule has 4 unspecified atom stereocenters. The molecule has 1 amide bonds. The van der Waals surface area contributed by atoms with Crippen LogP contribution in [0.3, 0.4) is 0 Å². The van der Waals surface area contributed by atoms with Crippen molar-refractivity contribution in [2.45, 2.75) is 37.7 Å². The van der Waals surface area contributed by atoms with Crippen LogP contribution in [0.5, 0.6) is 0 Å². The predicted octanol–water partition coefficient (Wildman–Crippen LogP) is 2.25. The van der Waals surface area contributed by atoms with Crippen LogP contribution in [0.1, 0.15) is 13.3 Å². The quantitative estimate of drug-likeness (QED) is 0.743. The predicted molar refractivity (Wildman–Crippen MR) is 108 cm³/mol. The highest BCUT2D eigenvalue weighted by Crippen LogP contribution is 2.30. The van der Waals surface area contributed by atoms with Gasteiger partial charge in [0.1, 0.15) is 12.2 Å². The van der Waals surface area contributed by atoms with Crippen LogP contribution in [-0.4, -0.2) is 57.8 Å². The lowest BCUT2D eigenvalue weighted by Crippen LogP contribution is -2.45. The fourth-order valence-corrected chi connectivity index (χ4v) is 5.15. The van der Waals surface area contributed by atoms with E-state index in [9.17, 15) is 13.2 Å². The van der Waals surface area contributed by atoms with Gasteiger partial charge in [0.25, 0.3) is 0 Å². The highest BCUT2D eigenvalue weighted by Gasteiger charge is 2.50. The molecule has 0 saturated carbocycles. The van der Waals surface area contributed by atoms with Crippen molar-refractivity contribution in [3.63, 3.8) is 0 Å². The summed E-state index contributed by atoms with van der Waals surface area (Å²) in [5.74, 6) is 0.0499. The second-order valence-corrected chi connectivity index (χ2v) is 9.11. The van der Waals surface area contributed by atoms with Gasteiger partial charge in [-0.15, -0.1) is 0 Å². The molecule has 29 heavy (non-hydrogen) atoms. The molecule has 2 aliphatic rings. The highest BCUT2D eigenvalue weighted by molar-refractivity contribution is 7.89. The Bertz CT molecular complexity index is 990. The van der Waals surface area contributed by atoms with Crippen LogP contribution >= 0.6 is 0 Å². The van der Waals surface area contributed by atoms with Crippen LogP contribution in [0.25, 0.3) is 10.8 Å². The van der Waals surface area contributed by atoms with Gasteiger partial charge in [0, 0.05) is 5.39 Å². The summed E-state index contributed by atoms with van der Waals surface area (Å²) in [6, 6.07) is 12.9. The zero-order valence-corrected chi connectivity index (χ0v) is 16.9. The Balaban J connectivity index is 1.38. The maximum Gasteiger partial charge on any atom is 0.412 e. The third-order valence-corrected chi connectivity index (χ3v) is 6.70. The highest BCUT2D eigenvalue weighted by atomic mass is 32.2. The van der Waals surface area contributed by atoms with Gasteiger partial charge < -0.3 is 14.2 Å². The van der Waals surface area contributed by atoms with E-state index in [0.717, 1.165) is 10.8 Å². The molecule has 4 atom stereocenters. The maximum atomic E-state index is 12.4. The first-order chi connectivity index (χ1) is 14.0. The minimum atomic E-state index is -3.39. The number of carbonyl (C=O) groups is 1. The molecule has 2 fully saturated rings. The Labute approximate surface area is 169 Å². The molecule has 4 rings (SSSR count). The minimum Gasteiger partial charge on any atom is -0.441 e. The van der Waals surface area contributed by atoms with E-state index in [4.69, 9.17) is 14.2 Å². The van der Waals surface area contributed by atoms with E-state index >= 15 is 0 Å². The number of hydrogen-bond acceptors (Lipinski definition) is 6. The number of rotatable bonds is 6. The summed E-state index contributed by atoms with van der Waals surface area (Å²) in [7, 11) is -3.39. The van der Waals surface area contributed by atoms with Gasteiger partial charge in [0.2, 0.25) is 10.0 Å². The lowest BCUT2D eigenvalue weighted by Gasteiger charge is -2.18. The molecule has 9 heteroatoms. The van der Waals surface area contributed by atoms with E-state index in [2.05, 4.69) is 10.0 Å². The average Bonchev–Trinajstić information content (AvgIpc) is 3.25. The average molecular weight is 420 g/mol. The summed E-state index contributed by atoms with van der Waals surface area (Å²) in [6.07, 6.45) is -1.65. The molecule has 0 spiro atoms. The van der Waals surface area contributed by atoms with Gasteiger partial charge in [0.15, 0.2) is 6.10 Å². The normalized spacial score (nSPS) is 26.4. The maximum absolute atomic E-state index is 12.4. The number of nitrogens with one attached hydrogen (secondary N) is 2. The monoisotopic (exact) mass is 420 g/mol. The van der Waals surface area contributed by atoms with Crippen LogP contribution in [0.15, 0.2) is 42.5 Å². The van der Waals surface area contributed by atoms with Gasteiger partial charge in [-0.3, -0.25) is 5.32 Å². The Morgan fingerprint density at radius 1 is 1.10 bits per heavy atom. The van der Waals surface area contributed by atoms with Crippen LogP contribution in [0, 0.1) is 0 Å². The first-order valence-corrected chi connectivity index (χ1v) is 11.3. The fourth-order valence-electron chi connectivity index (χ4n) is 3.84. The fraction of sp³-hybridized carbons (Fsp3) is 0.450. The van der Waals surface area contributed by atoms with Crippen molar-refractivity contribution in [3.05, 3.63) is 42.5 Å². The molecule has 2 aromatic rings. The van der Waals surface area contributed by atoms with Crippen molar-refractivity contribution in [1.29, 1.82) is 0 Å². The molecule has 0 aromatic heterocycles. The van der Waals surface area contributed by atoms with Crippen molar-refractivity contribution in [2.75, 3.05) is 24.3 Å². The zero-order valence-electron chi connectivity index (χ0n) is 16.0. The molecule has 2 N–H and O–H groups in total. The number of ether oxygens (including phenoxy) is 3. The van der Waals surface area contributed by atoms with Crippen molar-refractivity contribution in [2.24, 2.45) is 0 Å². The molecule has 8 nitrogen and oxygen atoms in total.